The van der Waals surface area contributed by atoms with E-state index in [2.05, 4.69) is 53.7 Å². The molecule has 5 N–H and O–H groups in total. The number of carbonyl (C=O) groups excluding carboxylic acids is 5. The van der Waals surface area contributed by atoms with Gasteiger partial charge in [0.05, 0.1) is 18.1 Å². The molecule has 72 heavy (non-hydrogen) atoms. The van der Waals surface area contributed by atoms with Crippen LogP contribution in [0.1, 0.15) is 99.8 Å². The van der Waals surface area contributed by atoms with Gasteiger partial charge in [-0.1, -0.05) is 47.6 Å². The zero-order valence-corrected chi connectivity index (χ0v) is 41.4. The molecule has 1 atom stereocenters. The lowest BCUT2D eigenvalue weighted by molar-refractivity contribution is -0.136. The number of rotatable bonds is 12. The highest BCUT2D eigenvalue weighted by Crippen LogP contribution is 2.34. The molecule has 5 aliphatic rings. The van der Waals surface area contributed by atoms with Crippen LogP contribution in [-0.2, 0) is 22.7 Å². The number of anilines is 3. The maximum atomic E-state index is 15.7. The molecule has 1 unspecified atom stereocenters. The number of halogens is 2. The third-order valence-corrected chi connectivity index (χ3v) is 15.6. The summed E-state index contributed by atoms with van der Waals surface area (Å²) >= 11 is 8.14. The van der Waals surface area contributed by atoms with Crippen LogP contribution in [0.3, 0.4) is 0 Å². The van der Waals surface area contributed by atoms with Crippen LogP contribution >= 0.6 is 23.4 Å². The molecule has 10 rings (SSSR count). The zero-order chi connectivity index (χ0) is 50.1. The average molecular weight is 1010 g/mol. The van der Waals surface area contributed by atoms with Crippen molar-refractivity contribution in [2.24, 2.45) is 5.73 Å². The van der Waals surface area contributed by atoms with Crippen LogP contribution in [0.4, 0.5) is 21.6 Å². The van der Waals surface area contributed by atoms with E-state index in [0.29, 0.717) is 36.1 Å². The number of hydrogen-bond acceptors (Lipinski definition) is 13. The number of aromatic nitrogens is 3. The molecule has 0 radical (unpaired) electrons. The number of pyridine rings is 1. The minimum absolute atomic E-state index is 0.143. The molecule has 3 saturated heterocycles. The van der Waals surface area contributed by atoms with Crippen molar-refractivity contribution in [3.05, 3.63) is 136 Å². The van der Waals surface area contributed by atoms with E-state index in [4.69, 9.17) is 17.3 Å². The first kappa shape index (κ1) is 48.9. The highest BCUT2D eigenvalue weighted by molar-refractivity contribution is 7.99. The molecule has 0 saturated carbocycles. The van der Waals surface area contributed by atoms with Crippen molar-refractivity contribution in [2.45, 2.75) is 92.5 Å². The molecule has 7 heterocycles. The molecule has 372 valence electrons. The van der Waals surface area contributed by atoms with Crippen LogP contribution in [0, 0.1) is 5.82 Å². The van der Waals surface area contributed by atoms with Crippen LogP contribution in [0.5, 0.6) is 0 Å². The maximum Gasteiger partial charge on any atom is 0.270 e. The Balaban J connectivity index is 0.672. The lowest BCUT2D eigenvalue weighted by Crippen LogP contribution is -2.52. The van der Waals surface area contributed by atoms with Gasteiger partial charge >= 0.3 is 0 Å². The predicted octanol–water partition coefficient (Wildman–Crippen LogP) is 6.83. The highest BCUT2D eigenvalue weighted by Gasteiger charge is 2.39. The Morgan fingerprint density at radius 2 is 1.69 bits per heavy atom. The molecule has 5 aliphatic heterocycles. The van der Waals surface area contributed by atoms with Gasteiger partial charge in [-0.25, -0.2) is 19.3 Å². The van der Waals surface area contributed by atoms with Gasteiger partial charge < -0.3 is 31.1 Å². The molecule has 3 fully saturated rings. The van der Waals surface area contributed by atoms with Gasteiger partial charge in [0, 0.05) is 97.6 Å². The topological polar surface area (TPSA) is 199 Å². The number of piperidine rings is 3. The normalized spacial score (nSPS) is 19.4. The van der Waals surface area contributed by atoms with Gasteiger partial charge in [-0.3, -0.25) is 34.2 Å². The van der Waals surface area contributed by atoms with Crippen LogP contribution in [0.2, 0.25) is 5.15 Å². The Morgan fingerprint density at radius 3 is 2.42 bits per heavy atom. The molecule has 0 aliphatic carbocycles. The van der Waals surface area contributed by atoms with E-state index >= 15 is 4.39 Å². The summed E-state index contributed by atoms with van der Waals surface area (Å²) in [6.07, 6.45) is 10.5. The van der Waals surface area contributed by atoms with Crippen LogP contribution in [0.15, 0.2) is 101 Å². The summed E-state index contributed by atoms with van der Waals surface area (Å²) in [5.74, 6) is -1.45. The molecule has 5 aromatic rings. The Bertz CT molecular complexity index is 2970. The SMILES string of the molecule is CC1(N)CCN(c2cnc(Sc3cccc(NC(=O)c4ccc(N5CCC(N6CC=C(c7ccc(C(=O)NCc8ccc9c(c8)CN(C8CCC(=O)NC8=O)C9=O)nc7Cl)CC6)CC5)c(F)c4)c3)cn2)CC1. The van der Waals surface area contributed by atoms with Gasteiger partial charge in [0.1, 0.15) is 33.5 Å². The van der Waals surface area contributed by atoms with E-state index in [0.717, 1.165) is 96.3 Å². The first-order valence-electron chi connectivity index (χ1n) is 24.4. The molecule has 0 bridgehead atoms. The van der Waals surface area contributed by atoms with Gasteiger partial charge in [-0.05, 0) is 117 Å². The number of carbonyl (C=O) groups is 5. The molecular weight excluding hydrogens is 957 g/mol. The van der Waals surface area contributed by atoms with Gasteiger partial charge in [0.2, 0.25) is 11.8 Å². The maximum absolute atomic E-state index is 15.7. The number of imide groups is 1. The van der Waals surface area contributed by atoms with Gasteiger partial charge in [-0.2, -0.15) is 0 Å². The van der Waals surface area contributed by atoms with Crippen molar-refractivity contribution in [3.63, 3.8) is 0 Å². The number of benzene rings is 3. The molecule has 0 spiro atoms. The standard InChI is InChI=1S/C53H55ClFN11O5S/c1-53(56)17-23-65(24-18-53)45-29-58-47(30-57-45)72-38-4-2-3-36(27-38)60-49(68)34-6-10-43(41(55)26-34)64-21-15-37(16-22-64)63-19-13-33(14-20-63)39-8-9-42(61-48(39)54)50(69)59-28-32-5-7-40-35(25-32)31-66(52(40)71)44-11-12-46(67)62-51(44)70/h2-10,13,25-27,29-30,37,44H,11-12,14-24,28,31,56H2,1H3,(H,59,69)(H,60,68)(H,62,67,70). The lowest BCUT2D eigenvalue weighted by atomic mass is 9.91. The molecule has 2 aromatic heterocycles. The quantitative estimate of drug-likeness (QED) is 0.0750. The first-order chi connectivity index (χ1) is 34.7. The minimum Gasteiger partial charge on any atom is -0.369 e. The predicted molar refractivity (Wildman–Crippen MR) is 273 cm³/mol. The fraction of sp³-hybridized carbons (Fsp3) is 0.358. The Morgan fingerprint density at radius 1 is 0.889 bits per heavy atom. The minimum atomic E-state index is -0.698. The number of fused-ring (bicyclic) bond motifs is 1. The van der Waals surface area contributed by atoms with E-state index in [-0.39, 0.29) is 59.7 Å². The van der Waals surface area contributed by atoms with Gasteiger partial charge in [-0.15, -0.1) is 0 Å². The molecule has 5 amide bonds. The summed E-state index contributed by atoms with van der Waals surface area (Å²) in [5, 5.41) is 9.10. The number of hydrogen-bond donors (Lipinski definition) is 4. The van der Waals surface area contributed by atoms with Crippen molar-refractivity contribution in [3.8, 4) is 0 Å². The van der Waals surface area contributed by atoms with Crippen molar-refractivity contribution in [1.82, 2.24) is 35.4 Å². The average Bonchev–Trinajstić information content (AvgIpc) is 3.70. The van der Waals surface area contributed by atoms with E-state index in [1.807, 2.05) is 35.2 Å². The Kier molecular flexibility index (Phi) is 14.1. The second-order valence-electron chi connectivity index (χ2n) is 19.4. The molecule has 3 aromatic carbocycles. The summed E-state index contributed by atoms with van der Waals surface area (Å²) < 4.78 is 15.7. The molecule has 19 heteroatoms. The largest absolute Gasteiger partial charge is 0.369 e. The second kappa shape index (κ2) is 20.8. The van der Waals surface area contributed by atoms with E-state index < -0.39 is 29.6 Å². The van der Waals surface area contributed by atoms with Gasteiger partial charge in [0.15, 0.2) is 0 Å². The number of nitrogens with two attached hydrogens (primary N) is 1. The Hall–Kier alpha value is -6.73. The van der Waals surface area contributed by atoms with Crippen molar-refractivity contribution in [2.75, 3.05) is 54.4 Å². The number of nitrogens with one attached hydrogen (secondary N) is 3. The monoisotopic (exact) mass is 1010 g/mol. The molecular formula is C53H55ClFN11O5S. The smallest absolute Gasteiger partial charge is 0.270 e. The summed E-state index contributed by atoms with van der Waals surface area (Å²) in [6, 6.07) is 20.6. The summed E-state index contributed by atoms with van der Waals surface area (Å²) in [5.41, 5.74) is 11.5. The number of nitrogens with zero attached hydrogens (tertiary/aromatic N) is 7. The van der Waals surface area contributed by atoms with Crippen LogP contribution in [0.25, 0.3) is 5.57 Å². The van der Waals surface area contributed by atoms with Crippen molar-refractivity contribution in [1.29, 1.82) is 0 Å². The van der Waals surface area contributed by atoms with Crippen LogP contribution in [-0.4, -0.2) is 111 Å². The zero-order valence-electron chi connectivity index (χ0n) is 39.8. The van der Waals surface area contributed by atoms with E-state index in [1.165, 1.54) is 22.7 Å². The number of amides is 5. The van der Waals surface area contributed by atoms with Crippen LogP contribution < -0.4 is 31.5 Å². The summed E-state index contributed by atoms with van der Waals surface area (Å²) in [4.78, 5) is 86.4. The highest BCUT2D eigenvalue weighted by atomic mass is 35.5. The van der Waals surface area contributed by atoms with Crippen molar-refractivity contribution >= 4 is 75.7 Å². The fourth-order valence-electron chi connectivity index (χ4n) is 10.2. The summed E-state index contributed by atoms with van der Waals surface area (Å²) in [7, 11) is 0. The first-order valence-corrected chi connectivity index (χ1v) is 25.6. The lowest BCUT2D eigenvalue weighted by Gasteiger charge is -2.40. The molecule has 16 nitrogen and oxygen atoms in total. The summed E-state index contributed by atoms with van der Waals surface area (Å²) in [6.45, 7) is 7.12. The second-order valence-corrected chi connectivity index (χ2v) is 20.9. The third-order valence-electron chi connectivity index (χ3n) is 14.4. The fourth-order valence-corrected chi connectivity index (χ4v) is 11.2. The third kappa shape index (κ3) is 10.9. The van der Waals surface area contributed by atoms with E-state index in [9.17, 15) is 24.0 Å². The van der Waals surface area contributed by atoms with Crippen molar-refractivity contribution < 1.29 is 28.4 Å². The van der Waals surface area contributed by atoms with Gasteiger partial charge in [0.25, 0.3) is 17.7 Å². The van der Waals surface area contributed by atoms with E-state index in [1.54, 1.807) is 48.8 Å². The Labute approximate surface area is 426 Å².